The highest BCUT2D eigenvalue weighted by molar-refractivity contribution is 6.30. The molecule has 0 aliphatic heterocycles. The molecular formula is C29H20ClN5O2. The number of hydrazine groups is 1. The molecule has 1 heterocycles. The van der Waals surface area contributed by atoms with Crippen LogP contribution >= 0.6 is 11.6 Å². The fourth-order valence-electron chi connectivity index (χ4n) is 3.97. The van der Waals surface area contributed by atoms with Crippen LogP contribution in [0.5, 0.6) is 0 Å². The summed E-state index contributed by atoms with van der Waals surface area (Å²) in [4.78, 5) is 31.0. The highest BCUT2D eigenvalue weighted by Gasteiger charge is 2.16. The first-order valence-corrected chi connectivity index (χ1v) is 11.8. The molecule has 0 aliphatic rings. The molecule has 8 heteroatoms. The molecule has 2 N–H and O–H groups in total. The minimum atomic E-state index is -0.754. The normalized spacial score (nSPS) is 11.6. The van der Waals surface area contributed by atoms with Crippen molar-refractivity contribution in [1.82, 2.24) is 20.4 Å². The summed E-state index contributed by atoms with van der Waals surface area (Å²) < 4.78 is 1.55. The van der Waals surface area contributed by atoms with E-state index in [4.69, 9.17) is 16.6 Å². The van der Waals surface area contributed by atoms with Crippen LogP contribution in [-0.2, 0) is 0 Å². The van der Waals surface area contributed by atoms with Crippen molar-refractivity contribution in [3.05, 3.63) is 130 Å². The number of nitrogens with zero attached hydrogens (tertiary/aromatic N) is 3. The number of nitrogens with one attached hydrogen (secondary N) is 2. The van der Waals surface area contributed by atoms with Crippen LogP contribution in [0.25, 0.3) is 28.0 Å². The number of carbonyl (C=O) groups excluding carboxylic acids is 1. The van der Waals surface area contributed by atoms with Gasteiger partial charge < -0.3 is 0 Å². The van der Waals surface area contributed by atoms with Crippen LogP contribution in [0.2, 0.25) is 5.02 Å². The SMILES string of the molecule is N#CC(NNC(=O)c1ccc(-n2c(-c3ccccc3)nc3ccccc3c2=O)cc1)c1ccc(Cl)cc1. The zero-order valence-corrected chi connectivity index (χ0v) is 20.2. The van der Waals surface area contributed by atoms with E-state index in [0.29, 0.717) is 38.6 Å². The molecule has 0 spiro atoms. The zero-order chi connectivity index (χ0) is 25.8. The smallest absolute Gasteiger partial charge is 0.266 e. The third kappa shape index (κ3) is 4.98. The van der Waals surface area contributed by atoms with E-state index in [1.807, 2.05) is 42.5 Å². The van der Waals surface area contributed by atoms with E-state index in [2.05, 4.69) is 16.9 Å². The summed E-state index contributed by atoms with van der Waals surface area (Å²) >= 11 is 5.91. The summed E-state index contributed by atoms with van der Waals surface area (Å²) in [5, 5.41) is 10.5. The van der Waals surface area contributed by atoms with Crippen molar-refractivity contribution in [1.29, 1.82) is 5.26 Å². The number of nitriles is 1. The Bertz CT molecular complexity index is 1680. The predicted octanol–water partition coefficient (Wildman–Crippen LogP) is 5.21. The van der Waals surface area contributed by atoms with Crippen molar-refractivity contribution in [2.75, 3.05) is 0 Å². The van der Waals surface area contributed by atoms with E-state index >= 15 is 0 Å². The van der Waals surface area contributed by atoms with Crippen LogP contribution in [0.4, 0.5) is 0 Å². The van der Waals surface area contributed by atoms with Crippen LogP contribution in [0.3, 0.4) is 0 Å². The van der Waals surface area contributed by atoms with E-state index < -0.39 is 11.9 Å². The van der Waals surface area contributed by atoms with E-state index in [0.717, 1.165) is 5.56 Å². The summed E-state index contributed by atoms with van der Waals surface area (Å²) in [6, 6.07) is 31.4. The van der Waals surface area contributed by atoms with E-state index in [1.54, 1.807) is 65.2 Å². The molecule has 37 heavy (non-hydrogen) atoms. The highest BCUT2D eigenvalue weighted by atomic mass is 35.5. The molecule has 0 aliphatic carbocycles. The topological polar surface area (TPSA) is 99.8 Å². The van der Waals surface area contributed by atoms with E-state index in [9.17, 15) is 14.9 Å². The standard InChI is InChI=1S/C29H20ClN5O2/c30-22-14-10-19(11-15-22)26(18-31)33-34-28(36)21-12-16-23(17-13-21)35-27(20-6-2-1-3-7-20)32-25-9-5-4-8-24(25)29(35)37/h1-17,26,33H,(H,34,36). The number of hydrogen-bond donors (Lipinski definition) is 2. The number of benzene rings is 4. The number of fused-ring (bicyclic) bond motifs is 1. The number of halogens is 1. The number of carbonyl (C=O) groups is 1. The van der Waals surface area contributed by atoms with Gasteiger partial charge in [-0.05, 0) is 54.1 Å². The summed E-state index contributed by atoms with van der Waals surface area (Å²) in [6.07, 6.45) is 0. The second kappa shape index (κ2) is 10.5. The number of aromatic nitrogens is 2. The quantitative estimate of drug-likeness (QED) is 0.309. The van der Waals surface area contributed by atoms with Crippen LogP contribution in [0.1, 0.15) is 22.0 Å². The molecule has 0 saturated heterocycles. The second-order valence-electron chi connectivity index (χ2n) is 8.22. The van der Waals surface area contributed by atoms with Crippen LogP contribution < -0.4 is 16.4 Å². The van der Waals surface area contributed by atoms with Gasteiger partial charge in [-0.15, -0.1) is 0 Å². The van der Waals surface area contributed by atoms with Crippen molar-refractivity contribution < 1.29 is 4.79 Å². The third-order valence-corrected chi connectivity index (χ3v) is 6.11. The van der Waals surface area contributed by atoms with Gasteiger partial charge in [-0.2, -0.15) is 5.26 Å². The first-order chi connectivity index (χ1) is 18.0. The molecule has 4 aromatic carbocycles. The maximum absolute atomic E-state index is 13.5. The number of amides is 1. The van der Waals surface area contributed by atoms with Gasteiger partial charge in [0.15, 0.2) is 0 Å². The maximum atomic E-state index is 13.5. The fraction of sp³-hybridized carbons (Fsp3) is 0.0345. The number of para-hydroxylation sites is 1. The Morgan fingerprint density at radius 2 is 1.57 bits per heavy atom. The minimum Gasteiger partial charge on any atom is -0.286 e. The Hall–Kier alpha value is -4.77. The fourth-order valence-corrected chi connectivity index (χ4v) is 4.10. The molecule has 1 amide bonds. The third-order valence-electron chi connectivity index (χ3n) is 5.86. The van der Waals surface area contributed by atoms with Crippen molar-refractivity contribution in [2.45, 2.75) is 6.04 Å². The first kappa shape index (κ1) is 23.9. The lowest BCUT2D eigenvalue weighted by Crippen LogP contribution is -2.39. The largest absolute Gasteiger partial charge is 0.286 e. The summed E-state index contributed by atoms with van der Waals surface area (Å²) in [5.74, 6) is 0.0797. The summed E-state index contributed by atoms with van der Waals surface area (Å²) in [7, 11) is 0. The van der Waals surface area contributed by atoms with Gasteiger partial charge >= 0.3 is 0 Å². The van der Waals surface area contributed by atoms with E-state index in [1.165, 1.54) is 0 Å². The van der Waals surface area contributed by atoms with Crippen LogP contribution in [0, 0.1) is 11.3 Å². The lowest BCUT2D eigenvalue weighted by atomic mass is 10.1. The van der Waals surface area contributed by atoms with Gasteiger partial charge in [-0.25, -0.2) is 10.4 Å². The molecule has 5 rings (SSSR count). The molecule has 180 valence electrons. The molecular weight excluding hydrogens is 486 g/mol. The Balaban J connectivity index is 1.44. The predicted molar refractivity (Wildman–Crippen MR) is 143 cm³/mol. The zero-order valence-electron chi connectivity index (χ0n) is 19.4. The van der Waals surface area contributed by atoms with Crippen molar-refractivity contribution in [3.8, 4) is 23.1 Å². The maximum Gasteiger partial charge on any atom is 0.266 e. The molecule has 0 radical (unpaired) electrons. The Labute approximate surface area is 217 Å². The average Bonchev–Trinajstić information content (AvgIpc) is 2.95. The van der Waals surface area contributed by atoms with Gasteiger partial charge in [0.25, 0.3) is 11.5 Å². The molecule has 0 fully saturated rings. The van der Waals surface area contributed by atoms with Gasteiger partial charge in [-0.1, -0.05) is 66.2 Å². The molecule has 0 saturated carbocycles. The molecule has 7 nitrogen and oxygen atoms in total. The van der Waals surface area contributed by atoms with Crippen molar-refractivity contribution in [2.24, 2.45) is 0 Å². The Morgan fingerprint density at radius 3 is 2.27 bits per heavy atom. The number of rotatable bonds is 6. The van der Waals surface area contributed by atoms with Gasteiger partial charge in [-0.3, -0.25) is 19.6 Å². The van der Waals surface area contributed by atoms with Gasteiger partial charge in [0.1, 0.15) is 11.9 Å². The monoisotopic (exact) mass is 505 g/mol. The summed E-state index contributed by atoms with van der Waals surface area (Å²) in [6.45, 7) is 0. The van der Waals surface area contributed by atoms with Gasteiger partial charge in [0.2, 0.25) is 0 Å². The molecule has 1 aromatic heterocycles. The van der Waals surface area contributed by atoms with Crippen molar-refractivity contribution in [3.63, 3.8) is 0 Å². The number of hydrogen-bond acceptors (Lipinski definition) is 5. The Kier molecular flexibility index (Phi) is 6.77. The van der Waals surface area contributed by atoms with Gasteiger partial charge in [0.05, 0.1) is 22.7 Å². The summed E-state index contributed by atoms with van der Waals surface area (Å²) in [5.41, 5.74) is 8.10. The van der Waals surface area contributed by atoms with Gasteiger partial charge in [0, 0.05) is 16.1 Å². The average molecular weight is 506 g/mol. The minimum absolute atomic E-state index is 0.205. The Morgan fingerprint density at radius 1 is 0.892 bits per heavy atom. The van der Waals surface area contributed by atoms with Crippen LogP contribution in [0.15, 0.2) is 108 Å². The lowest BCUT2D eigenvalue weighted by Gasteiger charge is -2.15. The molecule has 0 bridgehead atoms. The van der Waals surface area contributed by atoms with E-state index in [-0.39, 0.29) is 5.56 Å². The molecule has 5 aromatic rings. The van der Waals surface area contributed by atoms with Crippen LogP contribution in [-0.4, -0.2) is 15.5 Å². The molecule has 1 unspecified atom stereocenters. The lowest BCUT2D eigenvalue weighted by molar-refractivity contribution is 0.0929. The van der Waals surface area contributed by atoms with Crippen molar-refractivity contribution >= 4 is 28.4 Å². The highest BCUT2D eigenvalue weighted by Crippen LogP contribution is 2.22. The second-order valence-corrected chi connectivity index (χ2v) is 8.65. The first-order valence-electron chi connectivity index (χ1n) is 11.4. The molecule has 1 atom stereocenters.